The van der Waals surface area contributed by atoms with Crippen LogP contribution in [0.25, 0.3) is 94.3 Å². The second-order valence-corrected chi connectivity index (χ2v) is 12.5. The highest BCUT2D eigenvalue weighted by Gasteiger charge is 2.15. The molecule has 0 atom stereocenters. The van der Waals surface area contributed by atoms with Crippen molar-refractivity contribution in [3.05, 3.63) is 183 Å². The van der Waals surface area contributed by atoms with Gasteiger partial charge in [0.2, 0.25) is 0 Å². The number of nitrogens with zero attached hydrogens (tertiary/aromatic N) is 3. The summed E-state index contributed by atoms with van der Waals surface area (Å²) < 4.78 is 0. The quantitative estimate of drug-likeness (QED) is 0.170. The molecule has 0 radical (unpaired) electrons. The lowest BCUT2D eigenvalue weighted by molar-refractivity contribution is 1.27. The SMILES string of the molecule is C=Cc1ccc2c3ccc(-c4cccc(-c5ccccc5-c5cc(-c6ccncc6)nc(-c6ccncc6)c5)c4)cc3c3ccccc3c2c1. The van der Waals surface area contributed by atoms with E-state index in [1.165, 1.54) is 43.4 Å². The van der Waals surface area contributed by atoms with Gasteiger partial charge in [-0.1, -0.05) is 104 Å². The monoisotopic (exact) mass is 637 g/mol. The zero-order valence-corrected chi connectivity index (χ0v) is 27.3. The molecule has 0 aliphatic rings. The molecule has 3 aromatic heterocycles. The van der Waals surface area contributed by atoms with Crippen molar-refractivity contribution in [3.8, 4) is 55.9 Å². The second-order valence-electron chi connectivity index (χ2n) is 12.5. The molecule has 0 unspecified atom stereocenters. The van der Waals surface area contributed by atoms with E-state index in [4.69, 9.17) is 4.98 Å². The van der Waals surface area contributed by atoms with Crippen LogP contribution in [-0.2, 0) is 0 Å². The van der Waals surface area contributed by atoms with Crippen LogP contribution in [0, 0.1) is 0 Å². The van der Waals surface area contributed by atoms with Gasteiger partial charge in [0.1, 0.15) is 0 Å². The predicted molar refractivity (Wildman–Crippen MR) is 210 cm³/mol. The van der Waals surface area contributed by atoms with Gasteiger partial charge in [0.25, 0.3) is 0 Å². The highest BCUT2D eigenvalue weighted by atomic mass is 14.7. The molecule has 9 rings (SSSR count). The third-order valence-corrected chi connectivity index (χ3v) is 9.62. The van der Waals surface area contributed by atoms with Crippen LogP contribution in [0.15, 0.2) is 177 Å². The van der Waals surface area contributed by atoms with E-state index in [0.29, 0.717) is 0 Å². The minimum absolute atomic E-state index is 0.900. The van der Waals surface area contributed by atoms with Crippen molar-refractivity contribution in [2.45, 2.75) is 0 Å². The van der Waals surface area contributed by atoms with Gasteiger partial charge in [0.05, 0.1) is 11.4 Å². The Bertz CT molecular complexity index is 2640. The van der Waals surface area contributed by atoms with Crippen LogP contribution in [0.5, 0.6) is 0 Å². The van der Waals surface area contributed by atoms with E-state index in [2.05, 4.69) is 138 Å². The third-order valence-electron chi connectivity index (χ3n) is 9.62. The van der Waals surface area contributed by atoms with Crippen LogP contribution >= 0.6 is 0 Å². The fourth-order valence-corrected chi connectivity index (χ4v) is 7.16. The number of pyridine rings is 3. The smallest absolute Gasteiger partial charge is 0.0716 e. The van der Waals surface area contributed by atoms with E-state index < -0.39 is 0 Å². The zero-order valence-electron chi connectivity index (χ0n) is 27.3. The number of benzene rings is 6. The Labute approximate surface area is 290 Å². The van der Waals surface area contributed by atoms with Gasteiger partial charge in [0, 0.05) is 35.9 Å². The summed E-state index contributed by atoms with van der Waals surface area (Å²) in [5.74, 6) is 0. The van der Waals surface area contributed by atoms with E-state index in [1.807, 2.05) is 55.1 Å². The fraction of sp³-hybridized carbons (Fsp3) is 0. The number of hydrogen-bond acceptors (Lipinski definition) is 3. The average molecular weight is 638 g/mol. The maximum atomic E-state index is 5.07. The highest BCUT2D eigenvalue weighted by Crippen LogP contribution is 2.40. The molecule has 50 heavy (non-hydrogen) atoms. The molecule has 0 amide bonds. The summed E-state index contributed by atoms with van der Waals surface area (Å²) in [5, 5.41) is 7.54. The summed E-state index contributed by atoms with van der Waals surface area (Å²) in [7, 11) is 0. The maximum Gasteiger partial charge on any atom is 0.0716 e. The topological polar surface area (TPSA) is 38.7 Å². The van der Waals surface area contributed by atoms with Crippen LogP contribution in [0.1, 0.15) is 5.56 Å². The normalized spacial score (nSPS) is 11.3. The molecule has 234 valence electrons. The zero-order chi connectivity index (χ0) is 33.4. The number of aromatic nitrogens is 3. The molecule has 0 fully saturated rings. The van der Waals surface area contributed by atoms with Crippen molar-refractivity contribution in [1.29, 1.82) is 0 Å². The summed E-state index contributed by atoms with van der Waals surface area (Å²) in [5.41, 5.74) is 11.9. The van der Waals surface area contributed by atoms with E-state index >= 15 is 0 Å². The van der Waals surface area contributed by atoms with Crippen molar-refractivity contribution in [1.82, 2.24) is 15.0 Å². The molecule has 3 heteroatoms. The first-order valence-corrected chi connectivity index (χ1v) is 16.8. The molecule has 0 N–H and O–H groups in total. The summed E-state index contributed by atoms with van der Waals surface area (Å²) >= 11 is 0. The van der Waals surface area contributed by atoms with Gasteiger partial charge in [-0.05, 0) is 126 Å². The van der Waals surface area contributed by atoms with Gasteiger partial charge in [-0.25, -0.2) is 4.98 Å². The van der Waals surface area contributed by atoms with Crippen molar-refractivity contribution >= 4 is 38.4 Å². The number of fused-ring (bicyclic) bond motifs is 6. The molecule has 0 aliphatic carbocycles. The molecule has 3 nitrogen and oxygen atoms in total. The summed E-state index contributed by atoms with van der Waals surface area (Å²) in [4.78, 5) is 13.5. The number of rotatable bonds is 6. The summed E-state index contributed by atoms with van der Waals surface area (Å²) in [6.07, 6.45) is 9.16. The molecule has 0 saturated carbocycles. The molecule has 0 saturated heterocycles. The van der Waals surface area contributed by atoms with Gasteiger partial charge in [-0.15, -0.1) is 0 Å². The van der Waals surface area contributed by atoms with Crippen molar-refractivity contribution < 1.29 is 0 Å². The Kier molecular flexibility index (Phi) is 7.29. The van der Waals surface area contributed by atoms with E-state index in [-0.39, 0.29) is 0 Å². The molecule has 0 aliphatic heterocycles. The maximum absolute atomic E-state index is 5.07. The largest absolute Gasteiger partial charge is 0.265 e. The van der Waals surface area contributed by atoms with Gasteiger partial charge < -0.3 is 0 Å². The van der Waals surface area contributed by atoms with Crippen molar-refractivity contribution in [2.24, 2.45) is 0 Å². The molecular weight excluding hydrogens is 607 g/mol. The highest BCUT2D eigenvalue weighted by molar-refractivity contribution is 6.26. The fourth-order valence-electron chi connectivity index (χ4n) is 7.16. The summed E-state index contributed by atoms with van der Waals surface area (Å²) in [6, 6.07) is 52.2. The predicted octanol–water partition coefficient (Wildman–Crippen LogP) is 12.3. The van der Waals surface area contributed by atoms with Crippen LogP contribution in [0.2, 0.25) is 0 Å². The molecule has 6 aromatic carbocycles. The van der Waals surface area contributed by atoms with Gasteiger partial charge in [0.15, 0.2) is 0 Å². The standard InChI is InChI=1S/C47H31N3/c1-2-31-14-16-42-43-17-15-35(28-45(43)41-13-6-5-12-40(41)44(42)26-31)34-8-7-9-36(27-34)38-10-3-4-11-39(38)37-29-46(32-18-22-48-23-19-32)50-47(30-37)33-20-24-49-25-21-33/h2-30H,1H2. The Hall–Kier alpha value is -6.71. The van der Waals surface area contributed by atoms with E-state index in [0.717, 1.165) is 50.3 Å². The third kappa shape index (κ3) is 5.22. The van der Waals surface area contributed by atoms with Crippen LogP contribution in [0.3, 0.4) is 0 Å². The lowest BCUT2D eigenvalue weighted by atomic mass is 9.89. The van der Waals surface area contributed by atoms with Gasteiger partial charge in [-0.3, -0.25) is 9.97 Å². The second kappa shape index (κ2) is 12.4. The Morgan fingerprint density at radius 2 is 0.880 bits per heavy atom. The first kappa shape index (κ1) is 29.4. The van der Waals surface area contributed by atoms with Crippen LogP contribution in [0.4, 0.5) is 0 Å². The van der Waals surface area contributed by atoms with Crippen LogP contribution in [-0.4, -0.2) is 15.0 Å². The van der Waals surface area contributed by atoms with Gasteiger partial charge >= 0.3 is 0 Å². The molecule has 0 spiro atoms. The molecule has 0 bridgehead atoms. The Balaban J connectivity index is 1.18. The van der Waals surface area contributed by atoms with Crippen LogP contribution < -0.4 is 0 Å². The minimum atomic E-state index is 0.900. The minimum Gasteiger partial charge on any atom is -0.265 e. The Morgan fingerprint density at radius 3 is 1.52 bits per heavy atom. The first-order chi connectivity index (χ1) is 24.7. The van der Waals surface area contributed by atoms with E-state index in [1.54, 1.807) is 0 Å². The van der Waals surface area contributed by atoms with Crippen molar-refractivity contribution in [3.63, 3.8) is 0 Å². The van der Waals surface area contributed by atoms with Crippen molar-refractivity contribution in [2.75, 3.05) is 0 Å². The lowest BCUT2D eigenvalue weighted by Gasteiger charge is -2.15. The van der Waals surface area contributed by atoms with E-state index in [9.17, 15) is 0 Å². The Morgan fingerprint density at radius 1 is 0.360 bits per heavy atom. The first-order valence-electron chi connectivity index (χ1n) is 16.8. The number of hydrogen-bond donors (Lipinski definition) is 0. The summed E-state index contributed by atoms with van der Waals surface area (Å²) in [6.45, 7) is 4.00. The average Bonchev–Trinajstić information content (AvgIpc) is 3.21. The molecule has 9 aromatic rings. The van der Waals surface area contributed by atoms with Gasteiger partial charge in [-0.2, -0.15) is 0 Å². The molecule has 3 heterocycles. The molecular formula is C47H31N3. The lowest BCUT2D eigenvalue weighted by Crippen LogP contribution is -1.93.